The van der Waals surface area contributed by atoms with Gasteiger partial charge in [0.1, 0.15) is 5.75 Å². The molecule has 1 heterocycles. The molecule has 0 radical (unpaired) electrons. The number of esters is 1. The largest absolute Gasteiger partial charge is 0.505 e. The van der Waals surface area contributed by atoms with Crippen molar-refractivity contribution in [3.05, 3.63) is 23.0 Å². The average Bonchev–Trinajstić information content (AvgIpc) is 2.29. The van der Waals surface area contributed by atoms with Crippen LogP contribution in [0.4, 0.5) is 8.78 Å². The summed E-state index contributed by atoms with van der Waals surface area (Å²) in [4.78, 5) is 15.0. The number of carbonyl (C=O) groups is 1. The van der Waals surface area contributed by atoms with Crippen LogP contribution in [0.15, 0.2) is 6.20 Å². The van der Waals surface area contributed by atoms with E-state index >= 15 is 0 Å². The van der Waals surface area contributed by atoms with E-state index in [9.17, 15) is 18.7 Å². The lowest BCUT2D eigenvalue weighted by Crippen LogP contribution is -2.10. The van der Waals surface area contributed by atoms with Gasteiger partial charge < -0.3 is 9.84 Å². The van der Waals surface area contributed by atoms with E-state index in [-0.39, 0.29) is 30.2 Å². The van der Waals surface area contributed by atoms with Crippen LogP contribution in [-0.4, -0.2) is 22.7 Å². The van der Waals surface area contributed by atoms with E-state index in [0.717, 1.165) is 6.20 Å². The number of aromatic nitrogens is 1. The van der Waals surface area contributed by atoms with Gasteiger partial charge in [0.05, 0.1) is 30.2 Å². The van der Waals surface area contributed by atoms with Gasteiger partial charge in [-0.1, -0.05) is 0 Å². The standard InChI is InChI=1S/C11H12ClF2NO3/c1-2-18-8(16)3-6-5-15-7(4-12)10(17)9(6)11(13)14/h5,11,17H,2-4H2,1H3. The van der Waals surface area contributed by atoms with Crippen LogP contribution in [0.2, 0.25) is 0 Å². The van der Waals surface area contributed by atoms with E-state index in [2.05, 4.69) is 9.72 Å². The molecule has 1 aromatic heterocycles. The summed E-state index contributed by atoms with van der Waals surface area (Å²) in [6.07, 6.45) is -2.17. The van der Waals surface area contributed by atoms with Crippen molar-refractivity contribution in [2.45, 2.75) is 25.7 Å². The van der Waals surface area contributed by atoms with Crippen LogP contribution in [0.3, 0.4) is 0 Å². The number of rotatable bonds is 5. The van der Waals surface area contributed by atoms with Gasteiger partial charge in [-0.05, 0) is 12.5 Å². The summed E-state index contributed by atoms with van der Waals surface area (Å²) in [5.74, 6) is -1.51. The summed E-state index contributed by atoms with van der Waals surface area (Å²) >= 11 is 5.46. The Morgan fingerprint density at radius 3 is 2.78 bits per heavy atom. The number of ether oxygens (including phenoxy) is 1. The minimum Gasteiger partial charge on any atom is -0.505 e. The molecule has 7 heteroatoms. The second kappa shape index (κ2) is 6.49. The lowest BCUT2D eigenvalue weighted by Gasteiger charge is -2.12. The SMILES string of the molecule is CCOC(=O)Cc1cnc(CCl)c(O)c1C(F)F. The zero-order valence-electron chi connectivity index (χ0n) is 9.62. The van der Waals surface area contributed by atoms with E-state index in [0.29, 0.717) is 0 Å². The van der Waals surface area contributed by atoms with Crippen LogP contribution in [-0.2, 0) is 21.8 Å². The first-order valence-electron chi connectivity index (χ1n) is 5.20. The molecule has 18 heavy (non-hydrogen) atoms. The second-order valence-corrected chi connectivity index (χ2v) is 3.68. The highest BCUT2D eigenvalue weighted by Gasteiger charge is 2.23. The first-order chi connectivity index (χ1) is 8.51. The zero-order valence-corrected chi connectivity index (χ0v) is 10.4. The minimum absolute atomic E-state index is 0.0421. The number of carbonyl (C=O) groups excluding carboxylic acids is 1. The number of halogens is 3. The molecule has 0 unspecified atom stereocenters. The molecule has 0 aliphatic carbocycles. The van der Waals surface area contributed by atoms with Gasteiger partial charge >= 0.3 is 5.97 Å². The Balaban J connectivity index is 3.11. The van der Waals surface area contributed by atoms with Gasteiger partial charge in [0.25, 0.3) is 6.43 Å². The van der Waals surface area contributed by atoms with E-state index in [1.165, 1.54) is 0 Å². The van der Waals surface area contributed by atoms with Gasteiger partial charge in [-0.3, -0.25) is 9.78 Å². The number of pyridine rings is 1. The Hall–Kier alpha value is -1.43. The Labute approximate surface area is 108 Å². The monoisotopic (exact) mass is 279 g/mol. The van der Waals surface area contributed by atoms with Crippen molar-refractivity contribution in [1.29, 1.82) is 0 Å². The maximum Gasteiger partial charge on any atom is 0.310 e. The van der Waals surface area contributed by atoms with E-state index in [1.54, 1.807) is 6.92 Å². The summed E-state index contributed by atoms with van der Waals surface area (Å²) in [5.41, 5.74) is -0.719. The molecule has 0 atom stereocenters. The summed E-state index contributed by atoms with van der Waals surface area (Å²) in [6, 6.07) is 0. The molecular weight excluding hydrogens is 268 g/mol. The van der Waals surface area contributed by atoms with Crippen LogP contribution < -0.4 is 0 Å². The number of alkyl halides is 3. The van der Waals surface area contributed by atoms with Crippen molar-refractivity contribution >= 4 is 17.6 Å². The fourth-order valence-corrected chi connectivity index (χ4v) is 1.64. The molecule has 0 aromatic carbocycles. The highest BCUT2D eigenvalue weighted by atomic mass is 35.5. The molecule has 1 N–H and O–H groups in total. The van der Waals surface area contributed by atoms with Gasteiger partial charge in [-0.25, -0.2) is 8.78 Å². The molecule has 0 spiro atoms. The van der Waals surface area contributed by atoms with Crippen LogP contribution in [0.5, 0.6) is 5.75 Å². The number of hydrogen-bond acceptors (Lipinski definition) is 4. The maximum atomic E-state index is 12.9. The summed E-state index contributed by atoms with van der Waals surface area (Å²) in [7, 11) is 0. The Bertz CT molecular complexity index is 441. The molecule has 0 saturated carbocycles. The predicted molar refractivity (Wildman–Crippen MR) is 60.8 cm³/mol. The van der Waals surface area contributed by atoms with Gasteiger partial charge in [0.15, 0.2) is 0 Å². The van der Waals surface area contributed by atoms with Crippen molar-refractivity contribution in [2.75, 3.05) is 6.61 Å². The minimum atomic E-state index is -2.92. The topological polar surface area (TPSA) is 59.4 Å². The van der Waals surface area contributed by atoms with Gasteiger partial charge in [-0.2, -0.15) is 0 Å². The Kier molecular flexibility index (Phi) is 5.27. The molecule has 1 rings (SSSR count). The second-order valence-electron chi connectivity index (χ2n) is 3.41. The van der Waals surface area contributed by atoms with E-state index in [4.69, 9.17) is 11.6 Å². The first-order valence-corrected chi connectivity index (χ1v) is 5.74. The summed E-state index contributed by atoms with van der Waals surface area (Å²) in [6.45, 7) is 1.76. The number of aromatic hydroxyl groups is 1. The highest BCUT2D eigenvalue weighted by Crippen LogP contribution is 2.34. The fraction of sp³-hybridized carbons (Fsp3) is 0.455. The summed E-state index contributed by atoms with van der Waals surface area (Å²) < 4.78 is 30.4. The van der Waals surface area contributed by atoms with Gasteiger partial charge in [0, 0.05) is 6.20 Å². The number of nitrogens with zero attached hydrogens (tertiary/aromatic N) is 1. The maximum absolute atomic E-state index is 12.9. The average molecular weight is 280 g/mol. The zero-order chi connectivity index (χ0) is 13.7. The third-order valence-electron chi connectivity index (χ3n) is 2.24. The lowest BCUT2D eigenvalue weighted by atomic mass is 10.1. The molecule has 0 amide bonds. The van der Waals surface area contributed by atoms with E-state index in [1.807, 2.05) is 0 Å². The van der Waals surface area contributed by atoms with Crippen LogP contribution >= 0.6 is 11.6 Å². The molecule has 0 saturated heterocycles. The van der Waals surface area contributed by atoms with Crippen molar-refractivity contribution < 1.29 is 23.4 Å². The fourth-order valence-electron chi connectivity index (χ4n) is 1.44. The number of hydrogen-bond donors (Lipinski definition) is 1. The first kappa shape index (κ1) is 14.6. The van der Waals surface area contributed by atoms with Crippen molar-refractivity contribution in [1.82, 2.24) is 4.98 Å². The normalized spacial score (nSPS) is 10.7. The van der Waals surface area contributed by atoms with Crippen LogP contribution in [0, 0.1) is 0 Å². The highest BCUT2D eigenvalue weighted by molar-refractivity contribution is 6.17. The molecule has 0 aliphatic heterocycles. The smallest absolute Gasteiger partial charge is 0.310 e. The molecule has 0 fully saturated rings. The summed E-state index contributed by atoms with van der Waals surface area (Å²) in [5, 5.41) is 9.60. The molecule has 4 nitrogen and oxygen atoms in total. The van der Waals surface area contributed by atoms with Gasteiger partial charge in [-0.15, -0.1) is 11.6 Å². The molecule has 0 bridgehead atoms. The lowest BCUT2D eigenvalue weighted by molar-refractivity contribution is -0.142. The van der Waals surface area contributed by atoms with Crippen molar-refractivity contribution in [3.63, 3.8) is 0 Å². The van der Waals surface area contributed by atoms with Crippen molar-refractivity contribution in [2.24, 2.45) is 0 Å². The Morgan fingerprint density at radius 1 is 1.61 bits per heavy atom. The quantitative estimate of drug-likeness (QED) is 0.665. The van der Waals surface area contributed by atoms with Crippen LogP contribution in [0.25, 0.3) is 0 Å². The van der Waals surface area contributed by atoms with Gasteiger partial charge in [0.2, 0.25) is 0 Å². The third-order valence-corrected chi connectivity index (χ3v) is 2.49. The predicted octanol–water partition coefficient (Wildman–Crippen LogP) is 2.57. The van der Waals surface area contributed by atoms with E-state index < -0.39 is 23.7 Å². The third kappa shape index (κ3) is 3.29. The molecule has 100 valence electrons. The van der Waals surface area contributed by atoms with Crippen LogP contribution in [0.1, 0.15) is 30.2 Å². The molecule has 0 aliphatic rings. The van der Waals surface area contributed by atoms with Crippen molar-refractivity contribution in [3.8, 4) is 5.75 Å². The molecular formula is C11H12ClF2NO3. The Morgan fingerprint density at radius 2 is 2.28 bits per heavy atom. The molecule has 1 aromatic rings.